The van der Waals surface area contributed by atoms with Crippen LogP contribution in [0.1, 0.15) is 74.5 Å². The molecule has 3 aliphatic rings. The molecule has 4 rings (SSSR count). The zero-order chi connectivity index (χ0) is 16.7. The SMILES string of the molecule is Cc1cc(CC2C3CCCCC3CC3CCCCC32)c(C)cc1O. The number of aryl methyl sites for hydroxylation is 2. The molecule has 0 radical (unpaired) electrons. The normalized spacial score (nSPS) is 36.0. The maximum atomic E-state index is 10.0. The van der Waals surface area contributed by atoms with Crippen molar-refractivity contribution in [2.45, 2.75) is 78.1 Å². The van der Waals surface area contributed by atoms with E-state index in [0.717, 1.165) is 35.2 Å². The quantitative estimate of drug-likeness (QED) is 0.687. The van der Waals surface area contributed by atoms with Gasteiger partial charge in [-0.3, -0.25) is 0 Å². The van der Waals surface area contributed by atoms with Crippen molar-refractivity contribution in [3.63, 3.8) is 0 Å². The van der Waals surface area contributed by atoms with Gasteiger partial charge in [0.25, 0.3) is 0 Å². The second-order valence-electron chi connectivity index (χ2n) is 9.09. The van der Waals surface area contributed by atoms with Crippen molar-refractivity contribution in [2.24, 2.45) is 29.6 Å². The average Bonchev–Trinajstić information content (AvgIpc) is 2.59. The average molecular weight is 327 g/mol. The molecule has 24 heavy (non-hydrogen) atoms. The van der Waals surface area contributed by atoms with E-state index in [-0.39, 0.29) is 0 Å². The van der Waals surface area contributed by atoms with Gasteiger partial charge in [0.15, 0.2) is 0 Å². The molecule has 0 aromatic heterocycles. The molecular formula is C23H34O. The molecule has 1 heteroatoms. The van der Waals surface area contributed by atoms with Crippen LogP contribution in [-0.4, -0.2) is 5.11 Å². The van der Waals surface area contributed by atoms with Gasteiger partial charge in [-0.2, -0.15) is 0 Å². The number of aromatic hydroxyl groups is 1. The number of rotatable bonds is 2. The van der Waals surface area contributed by atoms with E-state index in [4.69, 9.17) is 0 Å². The van der Waals surface area contributed by atoms with Crippen molar-refractivity contribution >= 4 is 0 Å². The van der Waals surface area contributed by atoms with Crippen LogP contribution in [-0.2, 0) is 6.42 Å². The van der Waals surface area contributed by atoms with E-state index >= 15 is 0 Å². The summed E-state index contributed by atoms with van der Waals surface area (Å²) in [6.45, 7) is 4.24. The van der Waals surface area contributed by atoms with Crippen LogP contribution in [0.3, 0.4) is 0 Å². The molecule has 1 aromatic carbocycles. The molecule has 0 saturated heterocycles. The number of phenols is 1. The number of hydrogen-bond acceptors (Lipinski definition) is 1. The van der Waals surface area contributed by atoms with Gasteiger partial charge in [0.1, 0.15) is 5.75 Å². The van der Waals surface area contributed by atoms with E-state index in [0.29, 0.717) is 5.75 Å². The van der Waals surface area contributed by atoms with Gasteiger partial charge in [-0.15, -0.1) is 0 Å². The number of fused-ring (bicyclic) bond motifs is 2. The molecule has 3 fully saturated rings. The lowest BCUT2D eigenvalue weighted by Crippen LogP contribution is -2.44. The van der Waals surface area contributed by atoms with Crippen LogP contribution in [0.15, 0.2) is 12.1 Å². The molecule has 1 aromatic rings. The minimum absolute atomic E-state index is 0.464. The lowest BCUT2D eigenvalue weighted by atomic mass is 9.54. The van der Waals surface area contributed by atoms with E-state index < -0.39 is 0 Å². The molecule has 0 heterocycles. The molecule has 0 aliphatic heterocycles. The van der Waals surface area contributed by atoms with Crippen molar-refractivity contribution in [2.75, 3.05) is 0 Å². The fourth-order valence-electron chi connectivity index (χ4n) is 6.53. The van der Waals surface area contributed by atoms with Gasteiger partial charge in [-0.1, -0.05) is 44.6 Å². The van der Waals surface area contributed by atoms with Gasteiger partial charge in [-0.05, 0) is 91.9 Å². The summed E-state index contributed by atoms with van der Waals surface area (Å²) in [7, 11) is 0. The molecule has 0 spiro atoms. The molecule has 3 aliphatic carbocycles. The Morgan fingerprint density at radius 2 is 1.42 bits per heavy atom. The van der Waals surface area contributed by atoms with Gasteiger partial charge < -0.3 is 5.11 Å². The molecule has 1 nitrogen and oxygen atoms in total. The molecule has 1 N–H and O–H groups in total. The van der Waals surface area contributed by atoms with E-state index in [1.165, 1.54) is 68.9 Å². The third-order valence-electron chi connectivity index (χ3n) is 7.75. The monoisotopic (exact) mass is 326 g/mol. The first-order chi connectivity index (χ1) is 11.6. The summed E-state index contributed by atoms with van der Waals surface area (Å²) >= 11 is 0. The number of hydrogen-bond donors (Lipinski definition) is 1. The van der Waals surface area contributed by atoms with Gasteiger partial charge >= 0.3 is 0 Å². The first-order valence-electron chi connectivity index (χ1n) is 10.4. The van der Waals surface area contributed by atoms with Crippen molar-refractivity contribution in [3.05, 3.63) is 28.8 Å². The third kappa shape index (κ3) is 3.00. The Labute approximate surface area is 147 Å². The van der Waals surface area contributed by atoms with E-state index in [2.05, 4.69) is 13.0 Å². The van der Waals surface area contributed by atoms with Crippen LogP contribution < -0.4 is 0 Å². The second kappa shape index (κ2) is 6.73. The Kier molecular flexibility index (Phi) is 4.62. The minimum Gasteiger partial charge on any atom is -0.508 e. The molecule has 3 saturated carbocycles. The van der Waals surface area contributed by atoms with Crippen molar-refractivity contribution < 1.29 is 5.11 Å². The first kappa shape index (κ1) is 16.5. The highest BCUT2D eigenvalue weighted by molar-refractivity contribution is 5.40. The predicted octanol–water partition coefficient (Wildman–Crippen LogP) is 6.18. The van der Waals surface area contributed by atoms with Crippen LogP contribution in [0.2, 0.25) is 0 Å². The summed E-state index contributed by atoms with van der Waals surface area (Å²) in [5.74, 6) is 5.35. The fraction of sp³-hybridized carbons (Fsp3) is 0.739. The Bertz CT molecular complexity index is 568. The Morgan fingerprint density at radius 3 is 2.04 bits per heavy atom. The summed E-state index contributed by atoms with van der Waals surface area (Å²) in [6, 6.07) is 4.26. The van der Waals surface area contributed by atoms with Gasteiger partial charge in [0, 0.05) is 0 Å². The van der Waals surface area contributed by atoms with Crippen LogP contribution >= 0.6 is 0 Å². The molecule has 132 valence electrons. The Hall–Kier alpha value is -0.980. The Balaban J connectivity index is 1.63. The van der Waals surface area contributed by atoms with Gasteiger partial charge in [-0.25, -0.2) is 0 Å². The summed E-state index contributed by atoms with van der Waals surface area (Å²) in [6.07, 6.45) is 14.6. The highest BCUT2D eigenvalue weighted by Crippen LogP contribution is 2.54. The number of phenolic OH excluding ortho intramolecular Hbond substituents is 1. The smallest absolute Gasteiger partial charge is 0.118 e. The summed E-state index contributed by atoms with van der Waals surface area (Å²) in [5, 5.41) is 10.0. The van der Waals surface area contributed by atoms with Crippen LogP contribution in [0.4, 0.5) is 0 Å². The second-order valence-corrected chi connectivity index (χ2v) is 9.09. The summed E-state index contributed by atoms with van der Waals surface area (Å²) in [5.41, 5.74) is 3.85. The van der Waals surface area contributed by atoms with Gasteiger partial charge in [0.05, 0.1) is 0 Å². The summed E-state index contributed by atoms with van der Waals surface area (Å²) in [4.78, 5) is 0. The molecule has 0 bridgehead atoms. The first-order valence-corrected chi connectivity index (χ1v) is 10.4. The van der Waals surface area contributed by atoms with Crippen molar-refractivity contribution in [1.29, 1.82) is 0 Å². The van der Waals surface area contributed by atoms with Crippen molar-refractivity contribution in [1.82, 2.24) is 0 Å². The zero-order valence-corrected chi connectivity index (χ0v) is 15.6. The summed E-state index contributed by atoms with van der Waals surface area (Å²) < 4.78 is 0. The molecule has 4 atom stereocenters. The third-order valence-corrected chi connectivity index (χ3v) is 7.75. The topological polar surface area (TPSA) is 20.2 Å². The highest BCUT2D eigenvalue weighted by Gasteiger charge is 2.45. The fourth-order valence-corrected chi connectivity index (χ4v) is 6.53. The van der Waals surface area contributed by atoms with Gasteiger partial charge in [0.2, 0.25) is 0 Å². The van der Waals surface area contributed by atoms with E-state index in [1.807, 2.05) is 13.0 Å². The van der Waals surface area contributed by atoms with Crippen LogP contribution in [0.5, 0.6) is 5.75 Å². The molecule has 4 unspecified atom stereocenters. The van der Waals surface area contributed by atoms with Crippen molar-refractivity contribution in [3.8, 4) is 5.75 Å². The standard InChI is InChI=1S/C23H34O/c1-15-12-23(24)16(2)11-19(15)14-22-20-9-5-3-7-17(20)13-18-8-4-6-10-21(18)22/h11-12,17-18,20-22,24H,3-10,13-14H2,1-2H3. The Morgan fingerprint density at radius 1 is 0.833 bits per heavy atom. The molecular weight excluding hydrogens is 292 g/mol. The van der Waals surface area contributed by atoms with Crippen LogP contribution in [0.25, 0.3) is 0 Å². The number of benzene rings is 1. The lowest BCUT2D eigenvalue weighted by molar-refractivity contribution is -0.0110. The van der Waals surface area contributed by atoms with E-state index in [1.54, 1.807) is 6.42 Å². The minimum atomic E-state index is 0.464. The van der Waals surface area contributed by atoms with E-state index in [9.17, 15) is 5.11 Å². The molecule has 0 amide bonds. The maximum absolute atomic E-state index is 10.0. The lowest BCUT2D eigenvalue weighted by Gasteiger charge is -2.51. The highest BCUT2D eigenvalue weighted by atomic mass is 16.3. The maximum Gasteiger partial charge on any atom is 0.118 e. The predicted molar refractivity (Wildman–Crippen MR) is 100 cm³/mol. The van der Waals surface area contributed by atoms with Crippen LogP contribution in [0, 0.1) is 43.4 Å². The largest absolute Gasteiger partial charge is 0.508 e. The zero-order valence-electron chi connectivity index (χ0n) is 15.6.